The van der Waals surface area contributed by atoms with Crippen LogP contribution in [0.3, 0.4) is 0 Å². The lowest BCUT2D eigenvalue weighted by Gasteiger charge is -2.11. The fourth-order valence-corrected chi connectivity index (χ4v) is 2.63. The highest BCUT2D eigenvalue weighted by molar-refractivity contribution is 6.01. The van der Waals surface area contributed by atoms with Crippen LogP contribution < -0.4 is 37.5 Å². The molecule has 0 saturated heterocycles. The lowest BCUT2D eigenvalue weighted by Crippen LogP contribution is -2.42. The number of hydrazine groups is 2. The van der Waals surface area contributed by atoms with Crippen molar-refractivity contribution in [2.75, 3.05) is 23.2 Å². The Hall–Kier alpha value is -3.92. The molecular weight excluding hydrogens is 362 g/mol. The Bertz CT molecular complexity index is 1020. The molecule has 4 amide bonds. The van der Waals surface area contributed by atoms with E-state index in [4.69, 9.17) is 10.6 Å². The number of carbonyl (C=O) groups is 2. The highest BCUT2D eigenvalue weighted by atomic mass is 16.5. The zero-order valence-electron chi connectivity index (χ0n) is 15.3. The number of nitrogens with two attached hydrogens (primary N) is 1. The van der Waals surface area contributed by atoms with E-state index in [0.29, 0.717) is 17.2 Å². The molecule has 8 N–H and O–H groups in total. The summed E-state index contributed by atoms with van der Waals surface area (Å²) >= 11 is 0. The maximum Gasteiger partial charge on any atom is 0.347 e. The summed E-state index contributed by atoms with van der Waals surface area (Å²) in [6, 6.07) is 11.6. The minimum absolute atomic E-state index is 0.359. The quantitative estimate of drug-likeness (QED) is 0.206. The normalized spacial score (nSPS) is 10.2. The number of hydrogen-bond donors (Lipinski definition) is 7. The maximum absolute atomic E-state index is 12.3. The number of benzene rings is 2. The van der Waals surface area contributed by atoms with Gasteiger partial charge in [-0.25, -0.2) is 20.9 Å². The van der Waals surface area contributed by atoms with E-state index >= 15 is 0 Å². The van der Waals surface area contributed by atoms with Gasteiger partial charge in [-0.1, -0.05) is 0 Å². The number of anilines is 3. The highest BCUT2D eigenvalue weighted by Gasteiger charge is 2.08. The molecule has 0 aliphatic rings. The minimum Gasteiger partial charge on any atom is -0.497 e. The number of fused-ring (bicyclic) bond motifs is 1. The number of aryl methyl sites for hydroxylation is 1. The second kappa shape index (κ2) is 8.18. The van der Waals surface area contributed by atoms with E-state index in [9.17, 15) is 9.59 Å². The second-order valence-corrected chi connectivity index (χ2v) is 5.97. The van der Waals surface area contributed by atoms with E-state index in [1.807, 2.05) is 24.5 Å². The van der Waals surface area contributed by atoms with Crippen molar-refractivity contribution in [2.24, 2.45) is 5.84 Å². The Labute approximate surface area is 160 Å². The van der Waals surface area contributed by atoms with Crippen LogP contribution in [0.4, 0.5) is 26.8 Å². The zero-order chi connectivity index (χ0) is 20.1. The van der Waals surface area contributed by atoms with Crippen LogP contribution >= 0.6 is 0 Å². The fourth-order valence-electron chi connectivity index (χ4n) is 2.63. The van der Waals surface area contributed by atoms with Crippen molar-refractivity contribution in [1.82, 2.24) is 15.8 Å². The van der Waals surface area contributed by atoms with Gasteiger partial charge in [-0.3, -0.25) is 10.9 Å². The van der Waals surface area contributed by atoms with Gasteiger partial charge in [0.1, 0.15) is 11.6 Å². The molecule has 0 spiro atoms. The molecule has 0 fully saturated rings. The van der Waals surface area contributed by atoms with Crippen molar-refractivity contribution >= 4 is 40.2 Å². The molecule has 0 aliphatic heterocycles. The summed E-state index contributed by atoms with van der Waals surface area (Å²) in [5, 5.41) is 6.45. The Morgan fingerprint density at radius 1 is 1.04 bits per heavy atom. The largest absolute Gasteiger partial charge is 0.497 e. The van der Waals surface area contributed by atoms with Crippen LogP contribution in [0.5, 0.6) is 5.75 Å². The smallest absolute Gasteiger partial charge is 0.347 e. The molecular formula is C18H21N7O3. The van der Waals surface area contributed by atoms with E-state index in [2.05, 4.69) is 26.5 Å². The lowest BCUT2D eigenvalue weighted by molar-refractivity contribution is 0.243. The van der Waals surface area contributed by atoms with Crippen molar-refractivity contribution in [2.45, 2.75) is 6.92 Å². The summed E-state index contributed by atoms with van der Waals surface area (Å²) in [7, 11) is 1.59. The molecule has 1 heterocycles. The van der Waals surface area contributed by atoms with Gasteiger partial charge in [0.15, 0.2) is 0 Å². The number of aromatic amines is 1. The minimum atomic E-state index is -0.577. The van der Waals surface area contributed by atoms with Crippen LogP contribution in [-0.4, -0.2) is 24.2 Å². The molecule has 0 saturated carbocycles. The molecule has 28 heavy (non-hydrogen) atoms. The Balaban J connectivity index is 1.66. The summed E-state index contributed by atoms with van der Waals surface area (Å²) in [6.07, 6.45) is 0. The number of aromatic nitrogens is 1. The van der Waals surface area contributed by atoms with Gasteiger partial charge in [-0.2, -0.15) is 0 Å². The van der Waals surface area contributed by atoms with Gasteiger partial charge in [-0.05, 0) is 55.0 Å². The summed E-state index contributed by atoms with van der Waals surface area (Å²) in [5.41, 5.74) is 10.0. The Kier molecular flexibility index (Phi) is 5.51. The molecule has 0 atom stereocenters. The first-order valence-corrected chi connectivity index (χ1v) is 8.36. The van der Waals surface area contributed by atoms with Gasteiger partial charge in [0, 0.05) is 22.3 Å². The molecule has 1 aromatic heterocycles. The predicted octanol–water partition coefficient (Wildman–Crippen LogP) is 2.63. The SMILES string of the molecule is COc1ccc(NC(=O)Nc2ccc3[nH]c(NNC(=O)NN)cc3c2)c(C)c1. The standard InChI is InChI=1S/C18H21N7O3/c1-10-7-13(28-2)4-6-14(10)22-17(26)20-12-3-5-15-11(8-12)9-16(21-15)24-25-18(27)23-19/h3-9,21,24H,19H2,1-2H3,(H2,20,22,26)(H2,23,25,27). The van der Waals surface area contributed by atoms with E-state index in [1.165, 1.54) is 0 Å². The van der Waals surface area contributed by atoms with Gasteiger partial charge < -0.3 is 20.4 Å². The lowest BCUT2D eigenvalue weighted by atomic mass is 10.2. The molecule has 0 aliphatic carbocycles. The monoisotopic (exact) mass is 383 g/mol. The van der Waals surface area contributed by atoms with Crippen LogP contribution in [-0.2, 0) is 0 Å². The van der Waals surface area contributed by atoms with Crippen LogP contribution in [0.1, 0.15) is 5.56 Å². The predicted molar refractivity (Wildman–Crippen MR) is 108 cm³/mol. The van der Waals surface area contributed by atoms with E-state index in [-0.39, 0.29) is 6.03 Å². The number of amides is 4. The number of ether oxygens (including phenoxy) is 1. The van der Waals surface area contributed by atoms with Gasteiger partial charge in [-0.15, -0.1) is 0 Å². The topological polar surface area (TPSA) is 145 Å². The van der Waals surface area contributed by atoms with E-state index in [1.54, 1.807) is 37.4 Å². The highest BCUT2D eigenvalue weighted by Crippen LogP contribution is 2.23. The second-order valence-electron chi connectivity index (χ2n) is 5.97. The average molecular weight is 383 g/mol. The molecule has 10 heteroatoms. The van der Waals surface area contributed by atoms with E-state index in [0.717, 1.165) is 22.2 Å². The van der Waals surface area contributed by atoms with Crippen LogP contribution in [0.25, 0.3) is 10.9 Å². The fraction of sp³-hybridized carbons (Fsp3) is 0.111. The number of hydrogen-bond acceptors (Lipinski definition) is 5. The van der Waals surface area contributed by atoms with Gasteiger partial charge in [0.05, 0.1) is 7.11 Å². The molecule has 2 aromatic carbocycles. The molecule has 10 nitrogen and oxygen atoms in total. The van der Waals surface area contributed by atoms with Crippen molar-refractivity contribution < 1.29 is 14.3 Å². The maximum atomic E-state index is 12.3. The molecule has 0 bridgehead atoms. The molecule has 0 unspecified atom stereocenters. The van der Waals surface area contributed by atoms with Gasteiger partial charge in [0.2, 0.25) is 0 Å². The van der Waals surface area contributed by atoms with Crippen LogP contribution in [0, 0.1) is 6.92 Å². The molecule has 0 radical (unpaired) electrons. The molecule has 146 valence electrons. The summed E-state index contributed by atoms with van der Waals surface area (Å²) < 4.78 is 5.16. The van der Waals surface area contributed by atoms with Crippen molar-refractivity contribution in [3.8, 4) is 5.75 Å². The van der Waals surface area contributed by atoms with Crippen LogP contribution in [0.2, 0.25) is 0 Å². The summed E-state index contributed by atoms with van der Waals surface area (Å²) in [6.45, 7) is 1.89. The van der Waals surface area contributed by atoms with E-state index < -0.39 is 6.03 Å². The Morgan fingerprint density at radius 3 is 2.57 bits per heavy atom. The zero-order valence-corrected chi connectivity index (χ0v) is 15.3. The third-order valence-electron chi connectivity index (χ3n) is 4.00. The van der Waals surface area contributed by atoms with Gasteiger partial charge in [0.25, 0.3) is 0 Å². The first-order chi connectivity index (χ1) is 13.5. The number of rotatable bonds is 5. The third kappa shape index (κ3) is 4.43. The number of urea groups is 2. The molecule has 3 aromatic rings. The number of nitrogens with one attached hydrogen (secondary N) is 6. The van der Waals surface area contributed by atoms with Crippen LogP contribution in [0.15, 0.2) is 42.5 Å². The average Bonchev–Trinajstić information content (AvgIpc) is 3.09. The van der Waals surface area contributed by atoms with Gasteiger partial charge >= 0.3 is 12.1 Å². The molecule has 3 rings (SSSR count). The summed E-state index contributed by atoms with van der Waals surface area (Å²) in [4.78, 5) is 26.5. The number of methoxy groups -OCH3 is 1. The first kappa shape index (κ1) is 18.9. The number of H-pyrrole nitrogens is 1. The first-order valence-electron chi connectivity index (χ1n) is 8.36. The third-order valence-corrected chi connectivity index (χ3v) is 4.00. The summed E-state index contributed by atoms with van der Waals surface area (Å²) in [5.74, 6) is 6.28. The van der Waals surface area contributed by atoms with Crippen molar-refractivity contribution in [3.63, 3.8) is 0 Å². The number of carbonyl (C=O) groups excluding carboxylic acids is 2. The van der Waals surface area contributed by atoms with Crippen molar-refractivity contribution in [1.29, 1.82) is 0 Å². The van der Waals surface area contributed by atoms with Crippen molar-refractivity contribution in [3.05, 3.63) is 48.0 Å². The Morgan fingerprint density at radius 2 is 1.86 bits per heavy atom.